The number of nitrogens with one attached hydrogen (secondary N) is 1. The number of benzene rings is 1. The first kappa shape index (κ1) is 14.8. The third-order valence-electron chi connectivity index (χ3n) is 2.67. The van der Waals surface area contributed by atoms with Gasteiger partial charge in [-0.05, 0) is 30.3 Å². The zero-order chi connectivity index (χ0) is 15.4. The second-order valence-electron chi connectivity index (χ2n) is 4.11. The van der Waals surface area contributed by atoms with Gasteiger partial charge in [-0.25, -0.2) is 9.89 Å². The van der Waals surface area contributed by atoms with Crippen molar-refractivity contribution >= 4 is 17.4 Å². The molecule has 0 amide bonds. The molecule has 8 nitrogen and oxygen atoms in total. The van der Waals surface area contributed by atoms with Crippen molar-refractivity contribution in [2.45, 2.75) is 29.9 Å². The van der Waals surface area contributed by atoms with Crippen LogP contribution in [0.5, 0.6) is 0 Å². The number of aromatic amines is 1. The molecule has 0 radical (unpaired) electrons. The van der Waals surface area contributed by atoms with Crippen molar-refractivity contribution in [3.8, 4) is 6.07 Å². The van der Waals surface area contributed by atoms with Gasteiger partial charge in [-0.2, -0.15) is 5.26 Å². The topological polar surface area (TPSA) is 118 Å². The maximum absolute atomic E-state index is 11.6. The maximum atomic E-state index is 11.6. The lowest BCUT2D eigenvalue weighted by Crippen LogP contribution is -2.17. The molecule has 0 aliphatic heterocycles. The predicted octanol–water partition coefficient (Wildman–Crippen LogP) is 1.91. The summed E-state index contributed by atoms with van der Waals surface area (Å²) in [5.74, 6) is 0. The third-order valence-corrected chi connectivity index (χ3v) is 3.65. The van der Waals surface area contributed by atoms with Gasteiger partial charge in [0.2, 0.25) is 0 Å². The zero-order valence-corrected chi connectivity index (χ0v) is 11.9. The normalized spacial score (nSPS) is 10.3. The quantitative estimate of drug-likeness (QED) is 0.666. The molecule has 0 aliphatic carbocycles. The molecule has 1 N–H and O–H groups in total. The minimum absolute atomic E-state index is 0.00248. The fourth-order valence-corrected chi connectivity index (χ4v) is 2.62. The molecule has 9 heteroatoms. The van der Waals surface area contributed by atoms with E-state index in [1.807, 2.05) is 6.92 Å². The molecule has 21 heavy (non-hydrogen) atoms. The van der Waals surface area contributed by atoms with E-state index in [4.69, 9.17) is 5.26 Å². The molecule has 1 heterocycles. The maximum Gasteiger partial charge on any atom is 0.343 e. The van der Waals surface area contributed by atoms with Crippen molar-refractivity contribution in [2.75, 3.05) is 0 Å². The number of nitriles is 1. The standard InChI is InChI=1S/C12H11N5O3S/c1-2-5-16-11(18)14-15-12(16)21-9-4-3-8(7-13)10(6-9)17(19)20/h3-4,6H,2,5H2,1H3,(H,14,18). The van der Waals surface area contributed by atoms with Crippen LogP contribution < -0.4 is 5.69 Å². The molecule has 0 bridgehead atoms. The number of nitro benzene ring substituents is 1. The van der Waals surface area contributed by atoms with E-state index >= 15 is 0 Å². The number of aromatic nitrogens is 3. The first-order valence-corrected chi connectivity index (χ1v) is 6.90. The molecule has 2 rings (SSSR count). The van der Waals surface area contributed by atoms with E-state index < -0.39 is 4.92 Å². The van der Waals surface area contributed by atoms with Crippen LogP contribution in [0, 0.1) is 21.4 Å². The smallest absolute Gasteiger partial charge is 0.270 e. The van der Waals surface area contributed by atoms with Gasteiger partial charge in [-0.3, -0.25) is 14.7 Å². The molecule has 1 aromatic carbocycles. The monoisotopic (exact) mass is 305 g/mol. The van der Waals surface area contributed by atoms with Crippen molar-refractivity contribution in [1.29, 1.82) is 5.26 Å². The van der Waals surface area contributed by atoms with E-state index in [9.17, 15) is 14.9 Å². The van der Waals surface area contributed by atoms with Gasteiger partial charge in [0.1, 0.15) is 11.6 Å². The Hall–Kier alpha value is -2.60. The molecule has 0 fully saturated rings. The van der Waals surface area contributed by atoms with Crippen molar-refractivity contribution in [3.05, 3.63) is 44.4 Å². The van der Waals surface area contributed by atoms with Crippen LogP contribution >= 0.6 is 11.8 Å². The molecule has 0 unspecified atom stereocenters. The van der Waals surface area contributed by atoms with Crippen LogP contribution in [0.4, 0.5) is 5.69 Å². The molecule has 2 aromatic rings. The number of H-pyrrole nitrogens is 1. The van der Waals surface area contributed by atoms with Crippen LogP contribution in [0.25, 0.3) is 0 Å². The van der Waals surface area contributed by atoms with Gasteiger partial charge in [0.05, 0.1) is 4.92 Å². The Morgan fingerprint density at radius 2 is 2.33 bits per heavy atom. The molecule has 0 spiro atoms. The van der Waals surface area contributed by atoms with Crippen LogP contribution in [0.15, 0.2) is 33.0 Å². The fraction of sp³-hybridized carbons (Fsp3) is 0.250. The molecule has 0 atom stereocenters. The van der Waals surface area contributed by atoms with E-state index in [-0.39, 0.29) is 16.9 Å². The summed E-state index contributed by atoms with van der Waals surface area (Å²) in [6, 6.07) is 6.05. The lowest BCUT2D eigenvalue weighted by Gasteiger charge is -2.04. The van der Waals surface area contributed by atoms with Crippen LogP contribution in [0.3, 0.4) is 0 Å². The van der Waals surface area contributed by atoms with Crippen LogP contribution in [0.1, 0.15) is 18.9 Å². The molecule has 0 saturated carbocycles. The van der Waals surface area contributed by atoms with Gasteiger partial charge >= 0.3 is 5.69 Å². The summed E-state index contributed by atoms with van der Waals surface area (Å²) in [6.07, 6.45) is 0.764. The van der Waals surface area contributed by atoms with Crippen molar-refractivity contribution < 1.29 is 4.92 Å². The summed E-state index contributed by atoms with van der Waals surface area (Å²) in [4.78, 5) is 22.4. The highest BCUT2D eigenvalue weighted by atomic mass is 32.2. The van der Waals surface area contributed by atoms with Gasteiger partial charge < -0.3 is 0 Å². The van der Waals surface area contributed by atoms with Gasteiger partial charge in [-0.1, -0.05) is 6.92 Å². The minimum atomic E-state index is -0.605. The Bertz CT molecular complexity index is 774. The number of nitro groups is 1. The first-order chi connectivity index (χ1) is 10.1. The second kappa shape index (κ2) is 6.23. The number of nitrogens with zero attached hydrogens (tertiary/aromatic N) is 4. The van der Waals surface area contributed by atoms with Crippen molar-refractivity contribution in [3.63, 3.8) is 0 Å². The van der Waals surface area contributed by atoms with Crippen molar-refractivity contribution in [1.82, 2.24) is 14.8 Å². The van der Waals surface area contributed by atoms with E-state index in [0.717, 1.165) is 18.2 Å². The second-order valence-corrected chi connectivity index (χ2v) is 5.15. The van der Waals surface area contributed by atoms with Crippen LogP contribution in [0.2, 0.25) is 0 Å². The lowest BCUT2D eigenvalue weighted by molar-refractivity contribution is -0.385. The summed E-state index contributed by atoms with van der Waals surface area (Å²) in [5, 5.41) is 26.5. The van der Waals surface area contributed by atoms with Gasteiger partial charge in [0.25, 0.3) is 5.69 Å². The van der Waals surface area contributed by atoms with Crippen LogP contribution in [-0.4, -0.2) is 19.7 Å². The molecule has 0 aliphatic rings. The summed E-state index contributed by atoms with van der Waals surface area (Å²) in [5.41, 5.74) is -0.581. The largest absolute Gasteiger partial charge is 0.343 e. The fourth-order valence-electron chi connectivity index (χ4n) is 1.73. The Labute approximate surface area is 123 Å². The average molecular weight is 305 g/mol. The minimum Gasteiger partial charge on any atom is -0.270 e. The van der Waals surface area contributed by atoms with Gasteiger partial charge in [-0.15, -0.1) is 5.10 Å². The highest BCUT2D eigenvalue weighted by molar-refractivity contribution is 7.99. The zero-order valence-electron chi connectivity index (χ0n) is 11.1. The summed E-state index contributed by atoms with van der Waals surface area (Å²) >= 11 is 1.13. The van der Waals surface area contributed by atoms with Gasteiger partial charge in [0.15, 0.2) is 5.16 Å². The highest BCUT2D eigenvalue weighted by Gasteiger charge is 2.16. The first-order valence-electron chi connectivity index (χ1n) is 6.08. The summed E-state index contributed by atoms with van der Waals surface area (Å²) in [7, 11) is 0. The highest BCUT2D eigenvalue weighted by Crippen LogP contribution is 2.30. The predicted molar refractivity (Wildman–Crippen MR) is 75.1 cm³/mol. The molecule has 1 aromatic heterocycles. The average Bonchev–Trinajstić information content (AvgIpc) is 2.80. The number of hydrogen-bond donors (Lipinski definition) is 1. The van der Waals surface area contributed by atoms with E-state index in [0.29, 0.717) is 16.6 Å². The summed E-state index contributed by atoms with van der Waals surface area (Å²) in [6.45, 7) is 2.44. The molecule has 108 valence electrons. The van der Waals surface area contributed by atoms with E-state index in [1.165, 1.54) is 16.7 Å². The molecular formula is C12H11N5O3S. The third kappa shape index (κ3) is 3.11. The van der Waals surface area contributed by atoms with Gasteiger partial charge in [0, 0.05) is 17.5 Å². The Morgan fingerprint density at radius 3 is 2.95 bits per heavy atom. The van der Waals surface area contributed by atoms with Crippen LogP contribution in [-0.2, 0) is 6.54 Å². The SMILES string of the molecule is CCCn1c(Sc2ccc(C#N)c([N+](=O)[O-])c2)n[nH]c1=O. The molecule has 0 saturated heterocycles. The van der Waals surface area contributed by atoms with E-state index in [1.54, 1.807) is 12.1 Å². The van der Waals surface area contributed by atoms with E-state index in [2.05, 4.69) is 10.2 Å². The number of hydrogen-bond acceptors (Lipinski definition) is 6. The lowest BCUT2D eigenvalue weighted by atomic mass is 10.2. The Kier molecular flexibility index (Phi) is 4.39. The molecular weight excluding hydrogens is 294 g/mol. The van der Waals surface area contributed by atoms with Crippen molar-refractivity contribution in [2.24, 2.45) is 0 Å². The number of rotatable bonds is 5. The Balaban J connectivity index is 2.37. The summed E-state index contributed by atoms with van der Waals surface area (Å²) < 4.78 is 1.47. The Morgan fingerprint density at radius 1 is 1.57 bits per heavy atom.